The molecule has 1 amide bonds. The van der Waals surface area contributed by atoms with Gasteiger partial charge >= 0.3 is 12.3 Å². The molecule has 1 aliphatic heterocycles. The Morgan fingerprint density at radius 3 is 2.08 bits per heavy atom. The lowest BCUT2D eigenvalue weighted by atomic mass is 9.87. The third kappa shape index (κ3) is 7.48. The van der Waals surface area contributed by atoms with E-state index >= 15 is 0 Å². The molecule has 3 atom stereocenters. The molecular weight excluding hydrogens is 527 g/mol. The van der Waals surface area contributed by atoms with Crippen molar-refractivity contribution in [2.75, 3.05) is 13.2 Å². The molecule has 212 valence electrons. The molecule has 0 aromatic heterocycles. The summed E-state index contributed by atoms with van der Waals surface area (Å²) in [6.07, 6.45) is -6.10. The molecular formula is C25H40F3NO6SSi. The number of likely N-dealkylation sites (tertiary alicyclic amines) is 1. The van der Waals surface area contributed by atoms with Crippen molar-refractivity contribution in [2.24, 2.45) is 5.92 Å². The lowest BCUT2D eigenvalue weighted by Crippen LogP contribution is -2.55. The van der Waals surface area contributed by atoms with Crippen molar-refractivity contribution in [3.63, 3.8) is 0 Å². The maximum atomic E-state index is 14.7. The number of halogens is 3. The van der Waals surface area contributed by atoms with Crippen molar-refractivity contribution < 1.29 is 39.7 Å². The summed E-state index contributed by atoms with van der Waals surface area (Å²) >= 11 is 0. The third-order valence-electron chi connectivity index (χ3n) is 7.11. The molecule has 7 nitrogen and oxygen atoms in total. The second kappa shape index (κ2) is 10.5. The molecule has 1 aromatic carbocycles. The van der Waals surface area contributed by atoms with Crippen LogP contribution in [0.4, 0.5) is 18.0 Å². The summed E-state index contributed by atoms with van der Waals surface area (Å²) in [5.41, 5.74) is -3.86. The van der Waals surface area contributed by atoms with E-state index in [0.717, 1.165) is 4.90 Å². The number of benzene rings is 1. The summed E-state index contributed by atoms with van der Waals surface area (Å²) in [5.74, 6) is -2.20. The first-order valence-corrected chi connectivity index (χ1v) is 16.7. The van der Waals surface area contributed by atoms with Gasteiger partial charge in [-0.15, -0.1) is 0 Å². The molecule has 1 saturated heterocycles. The van der Waals surface area contributed by atoms with E-state index in [1.54, 1.807) is 39.0 Å². The van der Waals surface area contributed by atoms with E-state index in [4.69, 9.17) is 13.3 Å². The second-order valence-electron chi connectivity index (χ2n) is 12.2. The zero-order valence-electron chi connectivity index (χ0n) is 23.1. The summed E-state index contributed by atoms with van der Waals surface area (Å²) in [4.78, 5) is 14.0. The van der Waals surface area contributed by atoms with Gasteiger partial charge in [0.1, 0.15) is 11.4 Å². The van der Waals surface area contributed by atoms with E-state index in [2.05, 4.69) is 0 Å². The van der Waals surface area contributed by atoms with E-state index in [9.17, 15) is 26.4 Å². The molecule has 0 N–H and O–H groups in total. The number of nitrogens with zero attached hydrogens (tertiary/aromatic N) is 1. The topological polar surface area (TPSA) is 82.1 Å². The minimum Gasteiger partial charge on any atom is -0.444 e. The molecule has 2 rings (SSSR count). The fraction of sp³-hybridized carbons (Fsp3) is 0.720. The number of carbonyl (C=O) groups excluding carboxylic acids is 1. The summed E-state index contributed by atoms with van der Waals surface area (Å²) in [7, 11) is -7.12. The molecule has 0 spiro atoms. The molecule has 0 aliphatic carbocycles. The van der Waals surface area contributed by atoms with Crippen molar-refractivity contribution in [2.45, 2.75) is 95.8 Å². The number of hydrogen-bond donors (Lipinski definition) is 0. The molecule has 0 bridgehead atoms. The van der Waals surface area contributed by atoms with Crippen molar-refractivity contribution in [1.29, 1.82) is 0 Å². The number of ether oxygens (including phenoxy) is 1. The lowest BCUT2D eigenvalue weighted by molar-refractivity contribution is -0.254. The Kier molecular flexibility index (Phi) is 8.96. The molecule has 0 saturated carbocycles. The van der Waals surface area contributed by atoms with Gasteiger partial charge in [0.2, 0.25) is 5.60 Å². The van der Waals surface area contributed by atoms with Gasteiger partial charge < -0.3 is 9.16 Å². The van der Waals surface area contributed by atoms with Gasteiger partial charge in [0.15, 0.2) is 8.32 Å². The quantitative estimate of drug-likeness (QED) is 0.292. The SMILES string of the molecule is C[C@H]1[C@H](CO[Si](C)(C)C(C)(C)C)N(C(=O)OC(C)(C)C)CC1(OS(=O)(=O)Cc1ccccc1)C(F)(F)F. The minimum absolute atomic E-state index is 0.211. The van der Waals surface area contributed by atoms with Crippen LogP contribution in [0.25, 0.3) is 0 Å². The first-order chi connectivity index (χ1) is 16.5. The Hall–Kier alpha value is -1.63. The normalized spacial score (nSPS) is 23.8. The molecule has 1 aromatic rings. The average molecular weight is 568 g/mol. The summed E-state index contributed by atoms with van der Waals surface area (Å²) in [6.45, 7) is 14.7. The largest absolute Gasteiger partial charge is 0.444 e. The van der Waals surface area contributed by atoms with Crippen LogP contribution in [0, 0.1) is 5.92 Å². The summed E-state index contributed by atoms with van der Waals surface area (Å²) in [5, 5.41) is -0.234. The van der Waals surface area contributed by atoms with Gasteiger partial charge in [0.05, 0.1) is 19.2 Å². The second-order valence-corrected chi connectivity index (χ2v) is 18.6. The van der Waals surface area contributed by atoms with Crippen molar-refractivity contribution in [3.05, 3.63) is 35.9 Å². The molecule has 1 unspecified atom stereocenters. The summed E-state index contributed by atoms with van der Waals surface area (Å²) < 4.78 is 86.8. The standard InChI is InChI=1S/C25H40F3NO6SSi/c1-18-20(15-33-37(8,9)23(5,6)7)29(21(30)34-22(2,3)4)17-24(18,25(26,27)28)35-36(31,32)16-19-13-11-10-12-14-19/h10-14,18,20H,15-17H2,1-9H3/t18-,20-,24?/m0/s1. The van der Waals surface area contributed by atoms with Crippen LogP contribution in [0.1, 0.15) is 54.0 Å². The van der Waals surface area contributed by atoms with Crippen molar-refractivity contribution in [1.82, 2.24) is 4.90 Å². The Morgan fingerprint density at radius 1 is 1.08 bits per heavy atom. The number of alkyl halides is 3. The maximum absolute atomic E-state index is 14.7. The molecule has 12 heteroatoms. The van der Waals surface area contributed by atoms with Crippen molar-refractivity contribution >= 4 is 24.5 Å². The molecule has 1 heterocycles. The molecule has 37 heavy (non-hydrogen) atoms. The van der Waals surface area contributed by atoms with Crippen LogP contribution in [-0.4, -0.2) is 64.3 Å². The van der Waals surface area contributed by atoms with Crippen LogP contribution in [0.5, 0.6) is 0 Å². The van der Waals surface area contributed by atoms with Gasteiger partial charge in [0, 0.05) is 5.92 Å². The van der Waals surface area contributed by atoms with Crippen molar-refractivity contribution in [3.8, 4) is 0 Å². The highest BCUT2D eigenvalue weighted by Crippen LogP contribution is 2.49. The first-order valence-electron chi connectivity index (χ1n) is 12.2. The first kappa shape index (κ1) is 31.6. The average Bonchev–Trinajstić information content (AvgIpc) is 2.97. The number of amides is 1. The Labute approximate surface area is 219 Å². The molecule has 1 fully saturated rings. The Bertz CT molecular complexity index is 1050. The third-order valence-corrected chi connectivity index (χ3v) is 12.8. The highest BCUT2D eigenvalue weighted by atomic mass is 32.2. The zero-order valence-corrected chi connectivity index (χ0v) is 24.9. The lowest BCUT2D eigenvalue weighted by Gasteiger charge is -2.39. The van der Waals surface area contributed by atoms with E-state index in [1.165, 1.54) is 19.1 Å². The predicted octanol–water partition coefficient (Wildman–Crippen LogP) is 6.11. The van der Waals surface area contributed by atoms with Gasteiger partial charge in [-0.1, -0.05) is 58.0 Å². The number of rotatable bonds is 7. The highest BCUT2D eigenvalue weighted by molar-refractivity contribution is 7.85. The smallest absolute Gasteiger partial charge is 0.421 e. The van der Waals surface area contributed by atoms with Crippen LogP contribution in [0.15, 0.2) is 30.3 Å². The predicted molar refractivity (Wildman–Crippen MR) is 138 cm³/mol. The monoisotopic (exact) mass is 567 g/mol. The van der Waals surface area contributed by atoms with Crippen LogP contribution >= 0.6 is 0 Å². The summed E-state index contributed by atoms with van der Waals surface area (Å²) in [6, 6.07) is 6.68. The Balaban J connectivity index is 2.51. The van der Waals surface area contributed by atoms with Gasteiger partial charge in [-0.25, -0.2) is 4.79 Å². The minimum atomic E-state index is -5.11. The van der Waals surface area contributed by atoms with Crippen LogP contribution in [0.3, 0.4) is 0 Å². The number of carbonyl (C=O) groups is 1. The fourth-order valence-electron chi connectivity index (χ4n) is 3.89. The highest BCUT2D eigenvalue weighted by Gasteiger charge is 2.69. The van der Waals surface area contributed by atoms with E-state index < -0.39 is 66.2 Å². The fourth-order valence-corrected chi connectivity index (χ4v) is 6.32. The van der Waals surface area contributed by atoms with Crippen LogP contribution < -0.4 is 0 Å². The van der Waals surface area contributed by atoms with E-state index in [0.29, 0.717) is 0 Å². The molecule has 0 radical (unpaired) electrons. The van der Waals surface area contributed by atoms with Gasteiger partial charge in [-0.05, 0) is 44.5 Å². The van der Waals surface area contributed by atoms with E-state index in [1.807, 2.05) is 33.9 Å². The zero-order chi connectivity index (χ0) is 28.7. The number of hydrogen-bond acceptors (Lipinski definition) is 6. The van der Waals surface area contributed by atoms with Gasteiger partial charge in [0.25, 0.3) is 10.1 Å². The van der Waals surface area contributed by atoms with Crippen LogP contribution in [0.2, 0.25) is 18.1 Å². The van der Waals surface area contributed by atoms with Gasteiger partial charge in [-0.3, -0.25) is 9.08 Å². The Morgan fingerprint density at radius 2 is 1.62 bits per heavy atom. The van der Waals surface area contributed by atoms with Gasteiger partial charge in [-0.2, -0.15) is 21.6 Å². The maximum Gasteiger partial charge on any atom is 0.421 e. The molecule has 1 aliphatic rings. The van der Waals surface area contributed by atoms with Crippen LogP contribution in [-0.2, 0) is 29.2 Å². The van der Waals surface area contributed by atoms with E-state index in [-0.39, 0.29) is 17.2 Å².